The third kappa shape index (κ3) is 2.68. The molecule has 0 heterocycles. The average Bonchev–Trinajstić information content (AvgIpc) is 2.16. The Hall–Kier alpha value is -0.600. The lowest BCUT2D eigenvalue weighted by Crippen LogP contribution is -2.22. The van der Waals surface area contributed by atoms with Crippen LogP contribution < -0.4 is 5.32 Å². The molecule has 0 radical (unpaired) electrons. The first-order chi connectivity index (χ1) is 6.29. The fourth-order valence-electron chi connectivity index (χ4n) is 1.25. The molecule has 3 heteroatoms. The second-order valence-corrected chi connectivity index (χ2v) is 3.19. The van der Waals surface area contributed by atoms with Gasteiger partial charge < -0.3 is 5.32 Å². The summed E-state index contributed by atoms with van der Waals surface area (Å²) in [5, 5.41) is 3.65. The molecule has 0 saturated carbocycles. The largest absolute Gasteiger partial charge is 0.308 e. The van der Waals surface area contributed by atoms with Crippen molar-refractivity contribution >= 4 is 11.6 Å². The predicted molar refractivity (Wildman–Crippen MR) is 53.8 cm³/mol. The Morgan fingerprint density at radius 2 is 2.15 bits per heavy atom. The van der Waals surface area contributed by atoms with Gasteiger partial charge in [0.25, 0.3) is 0 Å². The molecule has 0 saturated heterocycles. The minimum atomic E-state index is -0.433. The highest BCUT2D eigenvalue weighted by Crippen LogP contribution is 2.22. The number of hydrogen-bond acceptors (Lipinski definition) is 1. The van der Waals surface area contributed by atoms with Crippen LogP contribution in [0.2, 0.25) is 5.02 Å². The molecular weight excluding hydrogens is 189 g/mol. The highest BCUT2D eigenvalue weighted by atomic mass is 35.5. The molecule has 1 aromatic rings. The van der Waals surface area contributed by atoms with E-state index in [1.807, 2.05) is 25.1 Å². The maximum atomic E-state index is 12.6. The summed E-state index contributed by atoms with van der Waals surface area (Å²) in [6, 6.07) is 7.04. The molecule has 0 aliphatic heterocycles. The van der Waals surface area contributed by atoms with Gasteiger partial charge in [0.05, 0.1) is 6.04 Å². The van der Waals surface area contributed by atoms with Gasteiger partial charge in [0, 0.05) is 5.02 Å². The molecule has 0 bridgehead atoms. The molecule has 1 atom stereocenters. The van der Waals surface area contributed by atoms with Gasteiger partial charge in [-0.15, -0.1) is 0 Å². The van der Waals surface area contributed by atoms with Crippen LogP contribution in [-0.4, -0.2) is 13.2 Å². The number of rotatable bonds is 4. The predicted octanol–water partition coefficient (Wildman–Crippen LogP) is 2.96. The smallest absolute Gasteiger partial charge is 0.109 e. The first-order valence-corrected chi connectivity index (χ1v) is 4.71. The van der Waals surface area contributed by atoms with Gasteiger partial charge >= 0.3 is 0 Å². The third-order valence-corrected chi connectivity index (χ3v) is 2.23. The van der Waals surface area contributed by atoms with Gasteiger partial charge in [0.1, 0.15) is 6.67 Å². The number of hydrogen-bond donors (Lipinski definition) is 1. The fourth-order valence-corrected chi connectivity index (χ4v) is 1.52. The molecule has 1 rings (SSSR count). The molecule has 1 aromatic carbocycles. The molecule has 0 aliphatic rings. The molecule has 0 amide bonds. The first-order valence-electron chi connectivity index (χ1n) is 4.33. The zero-order chi connectivity index (χ0) is 9.68. The van der Waals surface area contributed by atoms with Crippen LogP contribution in [0.1, 0.15) is 18.5 Å². The lowest BCUT2D eigenvalue weighted by Gasteiger charge is -2.15. The highest BCUT2D eigenvalue weighted by Gasteiger charge is 2.11. The van der Waals surface area contributed by atoms with Crippen molar-refractivity contribution in [2.45, 2.75) is 13.0 Å². The SMILES string of the molecule is CCNC(CF)c1ccccc1Cl. The lowest BCUT2D eigenvalue weighted by atomic mass is 10.1. The Kier molecular flexibility index (Phi) is 4.19. The van der Waals surface area contributed by atoms with Crippen LogP contribution in [0.3, 0.4) is 0 Å². The minimum absolute atomic E-state index is 0.279. The van der Waals surface area contributed by atoms with Gasteiger partial charge in [0.15, 0.2) is 0 Å². The van der Waals surface area contributed by atoms with Gasteiger partial charge in [-0.25, -0.2) is 4.39 Å². The Balaban J connectivity index is 2.84. The second kappa shape index (κ2) is 5.20. The summed E-state index contributed by atoms with van der Waals surface area (Å²) in [5.74, 6) is 0. The van der Waals surface area contributed by atoms with E-state index in [0.29, 0.717) is 5.02 Å². The maximum Gasteiger partial charge on any atom is 0.109 e. The van der Waals surface area contributed by atoms with Gasteiger partial charge in [-0.3, -0.25) is 0 Å². The van der Waals surface area contributed by atoms with Crippen LogP contribution in [-0.2, 0) is 0 Å². The average molecular weight is 202 g/mol. The number of alkyl halides is 1. The number of halogens is 2. The monoisotopic (exact) mass is 201 g/mol. The second-order valence-electron chi connectivity index (χ2n) is 2.79. The Labute approximate surface area is 82.9 Å². The third-order valence-electron chi connectivity index (χ3n) is 1.89. The molecule has 0 aliphatic carbocycles. The van der Waals surface area contributed by atoms with Crippen molar-refractivity contribution in [1.82, 2.24) is 5.32 Å². The minimum Gasteiger partial charge on any atom is -0.308 e. The maximum absolute atomic E-state index is 12.6. The van der Waals surface area contributed by atoms with Crippen molar-refractivity contribution in [3.63, 3.8) is 0 Å². The van der Waals surface area contributed by atoms with Crippen molar-refractivity contribution in [2.75, 3.05) is 13.2 Å². The molecule has 1 nitrogen and oxygen atoms in total. The molecule has 1 N–H and O–H groups in total. The van der Waals surface area contributed by atoms with E-state index >= 15 is 0 Å². The molecular formula is C10H13ClFN. The normalized spacial score (nSPS) is 12.8. The summed E-state index contributed by atoms with van der Waals surface area (Å²) in [6.07, 6.45) is 0. The van der Waals surface area contributed by atoms with Crippen LogP contribution in [0, 0.1) is 0 Å². The van der Waals surface area contributed by atoms with E-state index in [4.69, 9.17) is 11.6 Å². The zero-order valence-corrected chi connectivity index (χ0v) is 8.31. The summed E-state index contributed by atoms with van der Waals surface area (Å²) >= 11 is 5.93. The van der Waals surface area contributed by atoms with Crippen molar-refractivity contribution in [2.24, 2.45) is 0 Å². The van der Waals surface area contributed by atoms with E-state index in [0.717, 1.165) is 12.1 Å². The molecule has 72 valence electrons. The molecule has 0 aromatic heterocycles. The van der Waals surface area contributed by atoms with Crippen LogP contribution in [0.15, 0.2) is 24.3 Å². The fraction of sp³-hybridized carbons (Fsp3) is 0.400. The van der Waals surface area contributed by atoms with E-state index in [2.05, 4.69) is 5.32 Å². The lowest BCUT2D eigenvalue weighted by molar-refractivity contribution is 0.387. The topological polar surface area (TPSA) is 12.0 Å². The Morgan fingerprint density at radius 1 is 1.46 bits per heavy atom. The summed E-state index contributed by atoms with van der Waals surface area (Å²) in [5.41, 5.74) is 0.827. The Morgan fingerprint density at radius 3 is 2.69 bits per heavy atom. The van der Waals surface area contributed by atoms with Crippen molar-refractivity contribution in [3.05, 3.63) is 34.9 Å². The first kappa shape index (κ1) is 10.5. The van der Waals surface area contributed by atoms with Crippen molar-refractivity contribution in [1.29, 1.82) is 0 Å². The van der Waals surface area contributed by atoms with Crippen molar-refractivity contribution < 1.29 is 4.39 Å². The van der Waals surface area contributed by atoms with Crippen LogP contribution in [0.5, 0.6) is 0 Å². The van der Waals surface area contributed by atoms with Gasteiger partial charge in [0.2, 0.25) is 0 Å². The zero-order valence-electron chi connectivity index (χ0n) is 7.56. The van der Waals surface area contributed by atoms with E-state index < -0.39 is 6.67 Å². The van der Waals surface area contributed by atoms with Crippen LogP contribution in [0.4, 0.5) is 4.39 Å². The quantitative estimate of drug-likeness (QED) is 0.790. The molecule has 0 fully saturated rings. The molecule has 13 heavy (non-hydrogen) atoms. The highest BCUT2D eigenvalue weighted by molar-refractivity contribution is 6.31. The summed E-state index contributed by atoms with van der Waals surface area (Å²) in [4.78, 5) is 0. The summed E-state index contributed by atoms with van der Waals surface area (Å²) in [7, 11) is 0. The van der Waals surface area contributed by atoms with Crippen LogP contribution >= 0.6 is 11.6 Å². The van der Waals surface area contributed by atoms with Crippen LogP contribution in [0.25, 0.3) is 0 Å². The van der Waals surface area contributed by atoms with Gasteiger partial charge in [-0.1, -0.05) is 36.7 Å². The van der Waals surface area contributed by atoms with E-state index in [1.165, 1.54) is 0 Å². The summed E-state index contributed by atoms with van der Waals surface area (Å²) in [6.45, 7) is 2.25. The molecule has 0 spiro atoms. The number of nitrogens with one attached hydrogen (secondary N) is 1. The number of benzene rings is 1. The van der Waals surface area contributed by atoms with Gasteiger partial charge in [-0.05, 0) is 18.2 Å². The van der Waals surface area contributed by atoms with E-state index in [-0.39, 0.29) is 6.04 Å². The summed E-state index contributed by atoms with van der Waals surface area (Å²) < 4.78 is 12.6. The van der Waals surface area contributed by atoms with Gasteiger partial charge in [-0.2, -0.15) is 0 Å². The van der Waals surface area contributed by atoms with E-state index in [1.54, 1.807) is 6.07 Å². The van der Waals surface area contributed by atoms with E-state index in [9.17, 15) is 4.39 Å². The Bertz CT molecular complexity index is 265. The van der Waals surface area contributed by atoms with Crippen molar-refractivity contribution in [3.8, 4) is 0 Å². The standard InChI is InChI=1S/C10H13ClFN/c1-2-13-10(7-12)8-5-3-4-6-9(8)11/h3-6,10,13H,2,7H2,1H3. The molecule has 1 unspecified atom stereocenters.